The van der Waals surface area contributed by atoms with Crippen LogP contribution in [0.15, 0.2) is 18.2 Å². The van der Waals surface area contributed by atoms with Gasteiger partial charge in [0.05, 0.1) is 11.6 Å². The highest BCUT2D eigenvalue weighted by Crippen LogP contribution is 2.46. The van der Waals surface area contributed by atoms with E-state index in [2.05, 4.69) is 5.32 Å². The second kappa shape index (κ2) is 10.6. The maximum Gasteiger partial charge on any atom is 0.410 e. The molecule has 5 rings (SSSR count). The SMILES string of the molecule is C[C@@H]1CN(c2nc(-c3c(O)cccc3F)c(Cl)c3c2C(=O)N2CCN(C(=O)OC(C)(C)C)C[C@@H]2CO3)C[C@H](C)N1. The average molecular weight is 576 g/mol. The van der Waals surface area contributed by atoms with Crippen molar-refractivity contribution in [1.29, 1.82) is 0 Å². The Morgan fingerprint density at radius 3 is 2.52 bits per heavy atom. The van der Waals surface area contributed by atoms with Crippen LogP contribution in [0.4, 0.5) is 15.0 Å². The summed E-state index contributed by atoms with van der Waals surface area (Å²) in [6, 6.07) is 3.68. The van der Waals surface area contributed by atoms with Crippen molar-refractivity contribution in [2.45, 2.75) is 58.3 Å². The fourth-order valence-corrected chi connectivity index (χ4v) is 5.87. The summed E-state index contributed by atoms with van der Waals surface area (Å²) in [5.41, 5.74) is -0.630. The molecule has 2 saturated heterocycles. The Balaban J connectivity index is 1.59. The number of fused-ring (bicyclic) bond motifs is 2. The van der Waals surface area contributed by atoms with Crippen molar-refractivity contribution in [3.05, 3.63) is 34.6 Å². The Morgan fingerprint density at radius 2 is 1.88 bits per heavy atom. The molecule has 0 saturated carbocycles. The molecule has 3 atom stereocenters. The predicted molar refractivity (Wildman–Crippen MR) is 149 cm³/mol. The molecule has 0 aliphatic carbocycles. The molecule has 2 N–H and O–H groups in total. The molecule has 1 aromatic carbocycles. The van der Waals surface area contributed by atoms with Gasteiger partial charge in [0.25, 0.3) is 5.91 Å². The molecule has 3 aliphatic rings. The van der Waals surface area contributed by atoms with Gasteiger partial charge >= 0.3 is 6.09 Å². The van der Waals surface area contributed by atoms with Crippen LogP contribution in [0.3, 0.4) is 0 Å². The van der Waals surface area contributed by atoms with Crippen LogP contribution in [-0.2, 0) is 4.74 Å². The summed E-state index contributed by atoms with van der Waals surface area (Å²) >= 11 is 6.81. The molecule has 216 valence electrons. The highest BCUT2D eigenvalue weighted by molar-refractivity contribution is 6.35. The number of pyridine rings is 1. The number of nitrogens with zero attached hydrogens (tertiary/aromatic N) is 4. The summed E-state index contributed by atoms with van der Waals surface area (Å²) in [5.74, 6) is -0.946. The molecule has 10 nitrogen and oxygen atoms in total. The fraction of sp³-hybridized carbons (Fsp3) is 0.536. The van der Waals surface area contributed by atoms with Crippen LogP contribution in [0.2, 0.25) is 5.02 Å². The van der Waals surface area contributed by atoms with Crippen LogP contribution in [0, 0.1) is 5.82 Å². The number of ether oxygens (including phenoxy) is 2. The number of carbonyl (C=O) groups excluding carboxylic acids is 2. The van der Waals surface area contributed by atoms with E-state index in [-0.39, 0.29) is 71.0 Å². The Morgan fingerprint density at radius 1 is 1.18 bits per heavy atom. The number of hydrogen-bond acceptors (Lipinski definition) is 8. The molecular weight excluding hydrogens is 541 g/mol. The average Bonchev–Trinajstić information content (AvgIpc) is 3.00. The van der Waals surface area contributed by atoms with Crippen molar-refractivity contribution in [3.63, 3.8) is 0 Å². The van der Waals surface area contributed by atoms with Gasteiger partial charge in [-0.1, -0.05) is 17.7 Å². The lowest BCUT2D eigenvalue weighted by Crippen LogP contribution is -2.58. The molecule has 2 aromatic rings. The van der Waals surface area contributed by atoms with E-state index in [0.717, 1.165) is 0 Å². The lowest BCUT2D eigenvalue weighted by molar-refractivity contribution is 0.000955. The number of amides is 2. The molecule has 12 heteroatoms. The van der Waals surface area contributed by atoms with E-state index >= 15 is 4.39 Å². The highest BCUT2D eigenvalue weighted by Gasteiger charge is 2.42. The summed E-state index contributed by atoms with van der Waals surface area (Å²) in [4.78, 5) is 36.9. The van der Waals surface area contributed by atoms with E-state index in [4.69, 9.17) is 26.1 Å². The van der Waals surface area contributed by atoms with Crippen LogP contribution >= 0.6 is 11.6 Å². The van der Waals surface area contributed by atoms with Gasteiger partial charge in [-0.2, -0.15) is 0 Å². The van der Waals surface area contributed by atoms with Gasteiger partial charge in [-0.15, -0.1) is 0 Å². The summed E-state index contributed by atoms with van der Waals surface area (Å²) in [6.07, 6.45) is -0.456. The molecule has 0 spiro atoms. The Labute approximate surface area is 238 Å². The number of rotatable bonds is 2. The Kier molecular flexibility index (Phi) is 7.47. The Hall–Kier alpha value is -3.31. The number of benzene rings is 1. The van der Waals surface area contributed by atoms with E-state index < -0.39 is 23.6 Å². The maximum atomic E-state index is 15.0. The number of halogens is 2. The first-order chi connectivity index (χ1) is 18.8. The number of carbonyl (C=O) groups is 2. The van der Waals surface area contributed by atoms with E-state index in [1.165, 1.54) is 18.2 Å². The number of piperazine rings is 2. The number of anilines is 1. The van der Waals surface area contributed by atoms with Crippen LogP contribution in [0.25, 0.3) is 11.3 Å². The van der Waals surface area contributed by atoms with Crippen LogP contribution in [0.5, 0.6) is 11.5 Å². The van der Waals surface area contributed by atoms with Gasteiger partial charge in [0.2, 0.25) is 0 Å². The summed E-state index contributed by atoms with van der Waals surface area (Å²) in [7, 11) is 0. The minimum Gasteiger partial charge on any atom is -0.507 e. The number of hydrogen-bond donors (Lipinski definition) is 2. The summed E-state index contributed by atoms with van der Waals surface area (Å²) < 4.78 is 26.8. The molecule has 3 aliphatic heterocycles. The molecule has 0 bridgehead atoms. The largest absolute Gasteiger partial charge is 0.507 e. The lowest BCUT2D eigenvalue weighted by Gasteiger charge is -2.41. The standard InChI is InChI=1S/C28H35ClFN5O5/c1-15-11-34(12-16(2)31-15)25-21-24(22(29)23(32-25)20-18(30)7-6-8-19(20)36)39-14-17-13-33(9-10-35(17)26(21)37)27(38)40-28(3,4)5/h6-8,15-17,31,36H,9-14H2,1-5H3/t15-,16+,17-/m1/s1. The smallest absolute Gasteiger partial charge is 0.410 e. The van der Waals surface area contributed by atoms with Crippen molar-refractivity contribution in [1.82, 2.24) is 20.1 Å². The molecule has 40 heavy (non-hydrogen) atoms. The third kappa shape index (κ3) is 5.36. The third-order valence-corrected chi connectivity index (χ3v) is 7.54. The first-order valence-electron chi connectivity index (χ1n) is 13.5. The molecule has 0 radical (unpaired) electrons. The van der Waals surface area contributed by atoms with Crippen LogP contribution < -0.4 is 15.0 Å². The van der Waals surface area contributed by atoms with E-state index in [1.807, 2.05) is 18.7 Å². The lowest BCUT2D eigenvalue weighted by atomic mass is 10.0. The first kappa shape index (κ1) is 28.2. The monoisotopic (exact) mass is 575 g/mol. The topological polar surface area (TPSA) is 107 Å². The number of aromatic hydroxyl groups is 1. The minimum atomic E-state index is -0.701. The minimum absolute atomic E-state index is 0.00657. The van der Waals surface area contributed by atoms with Gasteiger partial charge in [-0.05, 0) is 46.8 Å². The van der Waals surface area contributed by atoms with Gasteiger partial charge in [-0.25, -0.2) is 14.2 Å². The second-order valence-electron chi connectivity index (χ2n) is 11.7. The van der Waals surface area contributed by atoms with Gasteiger partial charge in [0.15, 0.2) is 5.75 Å². The molecule has 0 unspecified atom stereocenters. The van der Waals surface area contributed by atoms with Crippen molar-refractivity contribution in [3.8, 4) is 22.8 Å². The van der Waals surface area contributed by atoms with E-state index in [9.17, 15) is 14.7 Å². The third-order valence-electron chi connectivity index (χ3n) is 7.19. The van der Waals surface area contributed by atoms with Crippen LogP contribution in [0.1, 0.15) is 45.0 Å². The van der Waals surface area contributed by atoms with Crippen molar-refractivity contribution in [2.24, 2.45) is 0 Å². The second-order valence-corrected chi connectivity index (χ2v) is 12.1. The molecule has 2 amide bonds. The van der Waals surface area contributed by atoms with Gasteiger partial charge < -0.3 is 34.6 Å². The van der Waals surface area contributed by atoms with Crippen molar-refractivity contribution < 1.29 is 28.6 Å². The Bertz CT molecular complexity index is 1300. The van der Waals surface area contributed by atoms with Gasteiger partial charge in [0.1, 0.15) is 45.9 Å². The van der Waals surface area contributed by atoms with Gasteiger partial charge in [0, 0.05) is 44.8 Å². The fourth-order valence-electron chi connectivity index (χ4n) is 5.58. The number of phenols is 1. The zero-order valence-electron chi connectivity index (χ0n) is 23.3. The van der Waals surface area contributed by atoms with E-state index in [1.54, 1.807) is 30.6 Å². The number of phenolic OH excluding ortho intramolecular Hbond substituents is 1. The summed E-state index contributed by atoms with van der Waals surface area (Å²) in [6.45, 7) is 11.4. The number of nitrogens with one attached hydrogen (secondary N) is 1. The maximum absolute atomic E-state index is 15.0. The quantitative estimate of drug-likeness (QED) is 0.555. The normalized spacial score (nSPS) is 23.2. The molecule has 4 heterocycles. The number of aromatic nitrogens is 1. The van der Waals surface area contributed by atoms with Gasteiger partial charge in [-0.3, -0.25) is 4.79 Å². The predicted octanol–water partition coefficient (Wildman–Crippen LogP) is 3.89. The first-order valence-corrected chi connectivity index (χ1v) is 13.9. The van der Waals surface area contributed by atoms with Crippen molar-refractivity contribution >= 4 is 29.4 Å². The molecular formula is C28H35ClFN5O5. The van der Waals surface area contributed by atoms with Crippen molar-refractivity contribution in [2.75, 3.05) is 44.2 Å². The molecule has 1 aromatic heterocycles. The van der Waals surface area contributed by atoms with Crippen LogP contribution in [-0.4, -0.2) is 94.9 Å². The zero-order chi connectivity index (χ0) is 28.9. The van der Waals surface area contributed by atoms with E-state index in [0.29, 0.717) is 25.5 Å². The summed E-state index contributed by atoms with van der Waals surface area (Å²) in [5, 5.41) is 14.0. The highest BCUT2D eigenvalue weighted by atomic mass is 35.5. The zero-order valence-corrected chi connectivity index (χ0v) is 24.1. The molecule has 2 fully saturated rings.